The summed E-state index contributed by atoms with van der Waals surface area (Å²) < 4.78 is 80.9. The van der Waals surface area contributed by atoms with E-state index in [1.807, 2.05) is 32.6 Å². The molecule has 0 aromatic heterocycles. The quantitative estimate of drug-likeness (QED) is 0.556. The van der Waals surface area contributed by atoms with E-state index in [4.69, 9.17) is 14.3 Å². The highest BCUT2D eigenvalue weighted by atomic mass is 19.1. The van der Waals surface area contributed by atoms with Gasteiger partial charge in [0.25, 0.3) is 5.91 Å². The second kappa shape index (κ2) is 9.78. The summed E-state index contributed by atoms with van der Waals surface area (Å²) in [5.41, 5.74) is -0.940. The maximum Gasteiger partial charge on any atom is 0.255 e. The SMILES string of the molecule is [2H]C([2H])(Nc1cccc2c1CN(C1([2H])C(=O)NC(=O)C([2H])([2H])C1([2H])[2H])C2=O)c1cccc(CN2CC(C)(C)OC(C)(C)C2)c1F. The van der Waals surface area contributed by atoms with Crippen molar-refractivity contribution >= 4 is 23.4 Å². The molecule has 0 aliphatic carbocycles. The predicted octanol–water partition coefficient (Wildman–Crippen LogP) is 3.59. The van der Waals surface area contributed by atoms with E-state index in [-0.39, 0.29) is 34.5 Å². The van der Waals surface area contributed by atoms with Crippen molar-refractivity contribution in [2.75, 3.05) is 18.4 Å². The van der Waals surface area contributed by atoms with Gasteiger partial charge in [0.1, 0.15) is 11.8 Å². The van der Waals surface area contributed by atoms with Gasteiger partial charge < -0.3 is 15.0 Å². The maximum absolute atomic E-state index is 16.0. The zero-order valence-electron chi connectivity index (χ0n) is 28.7. The molecule has 38 heavy (non-hydrogen) atoms. The van der Waals surface area contributed by atoms with Gasteiger partial charge in [-0.2, -0.15) is 0 Å². The molecule has 2 aromatic rings. The summed E-state index contributed by atoms with van der Waals surface area (Å²) in [7, 11) is 0. The molecule has 2 aromatic carbocycles. The highest BCUT2D eigenvalue weighted by molar-refractivity contribution is 6.06. The number of hydrogen-bond donors (Lipinski definition) is 2. The lowest BCUT2D eigenvalue weighted by molar-refractivity contribution is -0.182. The van der Waals surface area contributed by atoms with E-state index in [0.29, 0.717) is 18.0 Å². The average Bonchev–Trinajstić information content (AvgIpc) is 3.24. The van der Waals surface area contributed by atoms with Gasteiger partial charge in [-0.3, -0.25) is 24.6 Å². The van der Waals surface area contributed by atoms with E-state index in [2.05, 4.69) is 5.32 Å². The highest BCUT2D eigenvalue weighted by Gasteiger charge is 2.40. The molecule has 5 rings (SSSR count). The number of hydrogen-bond acceptors (Lipinski definition) is 6. The lowest BCUT2D eigenvalue weighted by Gasteiger charge is -2.47. The minimum Gasteiger partial charge on any atom is -0.381 e. The fraction of sp³-hybridized carbons (Fsp3) is 0.483. The van der Waals surface area contributed by atoms with Crippen LogP contribution in [0.15, 0.2) is 36.4 Å². The minimum absolute atomic E-state index is 0.0225. The van der Waals surface area contributed by atoms with E-state index in [0.717, 1.165) is 0 Å². The van der Waals surface area contributed by atoms with Crippen LogP contribution in [0.25, 0.3) is 0 Å². The summed E-state index contributed by atoms with van der Waals surface area (Å²) in [6, 6.07) is 5.42. The van der Waals surface area contributed by atoms with Crippen LogP contribution < -0.4 is 10.6 Å². The summed E-state index contributed by atoms with van der Waals surface area (Å²) in [5, 5.41) is 4.30. The summed E-state index contributed by atoms with van der Waals surface area (Å²) in [4.78, 5) is 41.0. The van der Waals surface area contributed by atoms with Gasteiger partial charge in [0.2, 0.25) is 11.8 Å². The number of nitrogens with one attached hydrogen (secondary N) is 2. The van der Waals surface area contributed by atoms with Crippen LogP contribution in [0.1, 0.15) is 77.1 Å². The Bertz CT molecular complexity index is 1590. The number of carbonyl (C=O) groups is 3. The Morgan fingerprint density at radius 2 is 1.82 bits per heavy atom. The number of morpholine rings is 1. The Morgan fingerprint density at radius 3 is 2.55 bits per heavy atom. The van der Waals surface area contributed by atoms with Crippen molar-refractivity contribution in [2.24, 2.45) is 0 Å². The number of piperidine rings is 1. The van der Waals surface area contributed by atoms with Crippen molar-refractivity contribution in [3.63, 3.8) is 0 Å². The Labute approximate surface area is 232 Å². The third kappa shape index (κ3) is 5.31. The lowest BCUT2D eigenvalue weighted by Crippen LogP contribution is -2.56. The van der Waals surface area contributed by atoms with Gasteiger partial charge in [-0.05, 0) is 46.2 Å². The van der Waals surface area contributed by atoms with Crippen molar-refractivity contribution < 1.29 is 33.1 Å². The summed E-state index contributed by atoms with van der Waals surface area (Å²) >= 11 is 0. The molecule has 2 N–H and O–H groups in total. The van der Waals surface area contributed by atoms with Crippen molar-refractivity contribution in [3.05, 3.63) is 64.5 Å². The molecule has 3 aliphatic rings. The molecule has 0 radical (unpaired) electrons. The highest BCUT2D eigenvalue weighted by Crippen LogP contribution is 2.33. The van der Waals surface area contributed by atoms with Gasteiger partial charge in [0.05, 0.1) is 15.3 Å². The lowest BCUT2D eigenvalue weighted by atomic mass is 9.98. The third-order valence-electron chi connectivity index (χ3n) is 6.54. The topological polar surface area (TPSA) is 91.0 Å². The van der Waals surface area contributed by atoms with Crippen molar-refractivity contribution in [1.29, 1.82) is 0 Å². The Morgan fingerprint density at radius 1 is 1.13 bits per heavy atom. The molecule has 2 fully saturated rings. The van der Waals surface area contributed by atoms with Crippen molar-refractivity contribution in [2.45, 2.75) is 77.2 Å². The molecule has 1 atom stereocenters. The molecule has 9 heteroatoms. The average molecular weight is 530 g/mol. The number of imide groups is 1. The largest absolute Gasteiger partial charge is 0.381 e. The summed E-state index contributed by atoms with van der Waals surface area (Å²) in [6.45, 7) is 5.99. The van der Waals surface area contributed by atoms with Crippen molar-refractivity contribution in [1.82, 2.24) is 15.1 Å². The molecule has 3 heterocycles. The number of benzene rings is 2. The zero-order chi connectivity index (χ0) is 33.5. The summed E-state index contributed by atoms with van der Waals surface area (Å²) in [6.07, 6.45) is -6.78. The molecule has 0 saturated carbocycles. The normalized spacial score (nSPS) is 30.5. The number of halogens is 1. The third-order valence-corrected chi connectivity index (χ3v) is 6.54. The van der Waals surface area contributed by atoms with E-state index in [1.54, 1.807) is 17.4 Å². The molecular weight excluding hydrogens is 487 g/mol. The van der Waals surface area contributed by atoms with Crippen LogP contribution in [0.2, 0.25) is 0 Å². The van der Waals surface area contributed by atoms with E-state index in [9.17, 15) is 14.4 Å². The number of anilines is 1. The monoisotopic (exact) mass is 529 g/mol. The molecule has 202 valence electrons. The number of amides is 3. The van der Waals surface area contributed by atoms with E-state index >= 15 is 4.39 Å². The predicted molar refractivity (Wildman–Crippen MR) is 141 cm³/mol. The summed E-state index contributed by atoms with van der Waals surface area (Å²) in [5.74, 6) is -4.82. The Hall–Kier alpha value is -3.30. The van der Waals surface area contributed by atoms with Crippen LogP contribution in [0.4, 0.5) is 10.1 Å². The van der Waals surface area contributed by atoms with Gasteiger partial charge in [-0.15, -0.1) is 0 Å². The number of rotatable bonds is 6. The van der Waals surface area contributed by atoms with Gasteiger partial charge in [-0.25, -0.2) is 4.39 Å². The second-order valence-corrected chi connectivity index (χ2v) is 10.9. The number of nitrogens with zero attached hydrogens (tertiary/aromatic N) is 2. The fourth-order valence-electron chi connectivity index (χ4n) is 5.42. The number of carbonyl (C=O) groups excluding carboxylic acids is 3. The molecule has 3 amide bonds. The fourth-order valence-corrected chi connectivity index (χ4v) is 5.42. The first-order valence-corrected chi connectivity index (χ1v) is 12.3. The molecule has 8 nitrogen and oxygen atoms in total. The van der Waals surface area contributed by atoms with Gasteiger partial charge in [0, 0.05) is 72.5 Å². The Balaban J connectivity index is 1.44. The zero-order valence-corrected chi connectivity index (χ0v) is 21.7. The van der Waals surface area contributed by atoms with Crippen molar-refractivity contribution in [3.8, 4) is 0 Å². The van der Waals surface area contributed by atoms with Crippen LogP contribution in [0.3, 0.4) is 0 Å². The molecule has 2 saturated heterocycles. The number of ether oxygens (including phenoxy) is 1. The Kier molecular flexibility index (Phi) is 4.86. The van der Waals surface area contributed by atoms with Crippen LogP contribution in [-0.2, 0) is 33.9 Å². The standard InChI is InChI=1S/C29H35FN4O4/c1-28(2)16-33(17-29(3,4)38-28)14-19-8-5-7-18(25(19)30)13-31-22-10-6-9-20-21(22)15-34(27(20)37)23-11-12-24(35)32-26(23)36/h5-10,23,31H,11-17H2,1-4H3,(H,32,35,36)/i11D2,12D2,13D2,23D. The molecule has 0 spiro atoms. The second-order valence-electron chi connectivity index (χ2n) is 10.9. The first-order chi connectivity index (χ1) is 20.5. The van der Waals surface area contributed by atoms with E-state index in [1.165, 1.54) is 24.3 Å². The maximum atomic E-state index is 16.0. The molecule has 1 unspecified atom stereocenters. The molecular formula is C29H35FN4O4. The first kappa shape index (κ1) is 18.9. The first-order valence-electron chi connectivity index (χ1n) is 15.8. The van der Waals surface area contributed by atoms with Crippen LogP contribution >= 0.6 is 0 Å². The molecule has 0 bridgehead atoms. The van der Waals surface area contributed by atoms with Crippen LogP contribution in [0, 0.1) is 5.82 Å². The van der Waals surface area contributed by atoms with Gasteiger partial charge >= 0.3 is 0 Å². The smallest absolute Gasteiger partial charge is 0.255 e. The minimum atomic E-state index is -3.45. The van der Waals surface area contributed by atoms with Gasteiger partial charge in [-0.1, -0.05) is 24.3 Å². The van der Waals surface area contributed by atoms with E-state index < -0.39 is 66.5 Å². The van der Waals surface area contributed by atoms with Crippen LogP contribution in [-0.4, -0.2) is 57.8 Å². The van der Waals surface area contributed by atoms with Gasteiger partial charge in [0.15, 0.2) is 0 Å². The van der Waals surface area contributed by atoms with Crippen LogP contribution in [0.5, 0.6) is 0 Å². The number of fused-ring (bicyclic) bond motifs is 1. The molecule has 3 aliphatic heterocycles.